The van der Waals surface area contributed by atoms with Crippen LogP contribution in [-0.4, -0.2) is 37.2 Å². The van der Waals surface area contributed by atoms with Gasteiger partial charge in [-0.2, -0.15) is 11.8 Å². The monoisotopic (exact) mass is 770 g/mol. The smallest absolute Gasteiger partial charge is 0.118 e. The van der Waals surface area contributed by atoms with Crippen molar-refractivity contribution in [2.45, 2.75) is 125 Å². The fourth-order valence-electron chi connectivity index (χ4n) is 6.60. The molecule has 2 nitrogen and oxygen atoms in total. The van der Waals surface area contributed by atoms with E-state index in [1.54, 1.807) is 14.2 Å². The van der Waals surface area contributed by atoms with Gasteiger partial charge in [0.25, 0.3) is 0 Å². The van der Waals surface area contributed by atoms with Crippen LogP contribution in [0.5, 0.6) is 11.5 Å². The summed E-state index contributed by atoms with van der Waals surface area (Å²) in [6.07, 6.45) is 24.2. The fraction of sp³-hybridized carbons (Fsp3) is 0.500. The van der Waals surface area contributed by atoms with E-state index < -0.39 is 0 Å². The van der Waals surface area contributed by atoms with Crippen LogP contribution in [0.3, 0.4) is 0 Å². The van der Waals surface area contributed by atoms with E-state index in [1.807, 2.05) is 47.8 Å². The van der Waals surface area contributed by atoms with Crippen LogP contribution in [0.25, 0.3) is 0 Å². The number of hydrogen-bond acceptors (Lipinski definition) is 5. The van der Waals surface area contributed by atoms with E-state index in [0.29, 0.717) is 0 Å². The van der Waals surface area contributed by atoms with Crippen LogP contribution < -0.4 is 9.47 Å². The van der Waals surface area contributed by atoms with Crippen LogP contribution in [0.15, 0.2) is 107 Å². The Balaban J connectivity index is 0.853. The molecule has 0 aliphatic heterocycles. The van der Waals surface area contributed by atoms with E-state index in [0.717, 1.165) is 35.8 Å². The molecular formula is C48H66O2S3. The Morgan fingerprint density at radius 1 is 0.321 bits per heavy atom. The summed E-state index contributed by atoms with van der Waals surface area (Å²) in [7, 11) is 3.43. The predicted octanol–water partition coefficient (Wildman–Crippen LogP) is 14.4. The zero-order chi connectivity index (χ0) is 37.0. The molecule has 0 atom stereocenters. The highest BCUT2D eigenvalue weighted by Crippen LogP contribution is 2.24. The lowest BCUT2D eigenvalue weighted by molar-refractivity contribution is 0.414. The number of methoxy groups -OCH3 is 2. The van der Waals surface area contributed by atoms with Gasteiger partial charge in [0.1, 0.15) is 11.5 Å². The first-order valence-corrected chi connectivity index (χ1v) is 23.6. The summed E-state index contributed by atoms with van der Waals surface area (Å²) in [5.74, 6) is 6.78. The second-order valence-electron chi connectivity index (χ2n) is 14.2. The minimum Gasteiger partial charge on any atom is -0.497 e. The molecule has 0 heterocycles. The molecule has 0 saturated heterocycles. The number of unbranched alkanes of at least 4 members (excludes halogenated alkanes) is 12. The molecule has 4 aromatic carbocycles. The standard InChI is InChI=1S/C48H66O2S3/c1-49-45-27-31-47(32-28-45)52-39-35-43-23-19-41(20-24-43)17-13-9-5-3-7-11-15-37-51-38-16-12-8-4-6-10-14-18-42-21-25-44(26-22-42)36-40-53-48-33-29-46(50-2)30-34-48/h19-34H,3-18,35-40H2,1-2H3. The molecule has 0 fully saturated rings. The Kier molecular flexibility index (Phi) is 22.9. The molecule has 0 aliphatic rings. The molecule has 0 N–H and O–H groups in total. The third-order valence-electron chi connectivity index (χ3n) is 9.99. The summed E-state index contributed by atoms with van der Waals surface area (Å²) in [6, 6.07) is 35.5. The number of ether oxygens (including phenoxy) is 2. The maximum Gasteiger partial charge on any atom is 0.118 e. The summed E-state index contributed by atoms with van der Waals surface area (Å²) in [6.45, 7) is 0. The van der Waals surface area contributed by atoms with Gasteiger partial charge in [-0.25, -0.2) is 0 Å². The molecule has 53 heavy (non-hydrogen) atoms. The van der Waals surface area contributed by atoms with Crippen LogP contribution in [0, 0.1) is 0 Å². The number of rotatable bonds is 30. The SMILES string of the molecule is COc1ccc(SCCc2ccc(CCCCCCCCCSCCCCCCCCCc3ccc(CCSc4ccc(OC)cc4)cc3)cc2)cc1. The first-order valence-electron chi connectivity index (χ1n) is 20.5. The van der Waals surface area contributed by atoms with Gasteiger partial charge in [-0.1, -0.05) is 113 Å². The molecule has 0 radical (unpaired) electrons. The molecule has 4 aromatic rings. The fourth-order valence-corrected chi connectivity index (χ4v) is 9.42. The third kappa shape index (κ3) is 19.6. The van der Waals surface area contributed by atoms with Gasteiger partial charge < -0.3 is 9.47 Å². The van der Waals surface area contributed by atoms with E-state index in [-0.39, 0.29) is 0 Å². The maximum atomic E-state index is 5.25. The van der Waals surface area contributed by atoms with Gasteiger partial charge >= 0.3 is 0 Å². The van der Waals surface area contributed by atoms with E-state index in [9.17, 15) is 0 Å². The lowest BCUT2D eigenvalue weighted by Gasteiger charge is -2.06. The van der Waals surface area contributed by atoms with Crippen molar-refractivity contribution >= 4 is 35.3 Å². The van der Waals surface area contributed by atoms with Gasteiger partial charge in [0.2, 0.25) is 0 Å². The highest BCUT2D eigenvalue weighted by atomic mass is 32.2. The Labute approximate surface area is 336 Å². The van der Waals surface area contributed by atoms with Crippen molar-refractivity contribution < 1.29 is 9.47 Å². The molecule has 0 unspecified atom stereocenters. The highest BCUT2D eigenvalue weighted by Gasteiger charge is 2.02. The van der Waals surface area contributed by atoms with Crippen molar-refractivity contribution in [2.75, 3.05) is 37.2 Å². The zero-order valence-corrected chi connectivity index (χ0v) is 35.3. The number of hydrogen-bond donors (Lipinski definition) is 0. The minimum atomic E-state index is 0.922. The number of benzene rings is 4. The van der Waals surface area contributed by atoms with Crippen LogP contribution >= 0.6 is 35.3 Å². The summed E-state index contributed by atoms with van der Waals surface area (Å²) in [5.41, 5.74) is 5.87. The van der Waals surface area contributed by atoms with Crippen molar-refractivity contribution in [3.05, 3.63) is 119 Å². The van der Waals surface area contributed by atoms with Gasteiger partial charge in [0, 0.05) is 21.3 Å². The van der Waals surface area contributed by atoms with Crippen molar-refractivity contribution in [1.82, 2.24) is 0 Å². The molecule has 0 saturated carbocycles. The topological polar surface area (TPSA) is 18.5 Å². The van der Waals surface area contributed by atoms with Gasteiger partial charge in [0.05, 0.1) is 14.2 Å². The molecule has 288 valence electrons. The highest BCUT2D eigenvalue weighted by molar-refractivity contribution is 7.99. The van der Waals surface area contributed by atoms with Crippen molar-refractivity contribution in [3.63, 3.8) is 0 Å². The molecule has 5 heteroatoms. The molecule has 0 spiro atoms. The normalized spacial score (nSPS) is 11.2. The predicted molar refractivity (Wildman–Crippen MR) is 237 cm³/mol. The summed E-state index contributed by atoms with van der Waals surface area (Å²) < 4.78 is 10.5. The first-order chi connectivity index (χ1) is 26.2. The Hall–Kier alpha value is -2.47. The average Bonchev–Trinajstić information content (AvgIpc) is 3.20. The van der Waals surface area contributed by atoms with Crippen LogP contribution in [0.1, 0.15) is 112 Å². The van der Waals surface area contributed by atoms with E-state index in [2.05, 4.69) is 84.6 Å². The Morgan fingerprint density at radius 3 is 0.962 bits per heavy atom. The average molecular weight is 771 g/mol. The maximum absolute atomic E-state index is 5.25. The van der Waals surface area contributed by atoms with E-state index in [1.165, 1.54) is 146 Å². The third-order valence-corrected chi connectivity index (χ3v) is 13.2. The molecule has 0 amide bonds. The number of thioether (sulfide) groups is 3. The van der Waals surface area contributed by atoms with Crippen LogP contribution in [0.2, 0.25) is 0 Å². The lowest BCUT2D eigenvalue weighted by Crippen LogP contribution is -1.91. The summed E-state index contributed by atoms with van der Waals surface area (Å²) in [5, 5.41) is 0. The number of aryl methyl sites for hydroxylation is 4. The molecule has 0 aliphatic carbocycles. The van der Waals surface area contributed by atoms with Gasteiger partial charge in [-0.05, 0) is 134 Å². The van der Waals surface area contributed by atoms with Gasteiger partial charge in [0.15, 0.2) is 0 Å². The molecule has 4 rings (SSSR count). The van der Waals surface area contributed by atoms with Crippen molar-refractivity contribution in [1.29, 1.82) is 0 Å². The molecule has 0 aromatic heterocycles. The molecule has 0 bridgehead atoms. The molecular weight excluding hydrogens is 705 g/mol. The quantitative estimate of drug-likeness (QED) is 0.0387. The lowest BCUT2D eigenvalue weighted by atomic mass is 10.0. The van der Waals surface area contributed by atoms with Gasteiger partial charge in [-0.15, -0.1) is 23.5 Å². The Morgan fingerprint density at radius 2 is 0.623 bits per heavy atom. The second kappa shape index (κ2) is 28.0. The first kappa shape index (κ1) is 43.3. The van der Waals surface area contributed by atoms with Crippen molar-refractivity contribution in [2.24, 2.45) is 0 Å². The summed E-state index contributed by atoms with van der Waals surface area (Å²) >= 11 is 6.02. The Bertz CT molecular complexity index is 1340. The van der Waals surface area contributed by atoms with E-state index >= 15 is 0 Å². The summed E-state index contributed by atoms with van der Waals surface area (Å²) in [4.78, 5) is 2.61. The minimum absolute atomic E-state index is 0.922. The van der Waals surface area contributed by atoms with Crippen LogP contribution in [0.4, 0.5) is 0 Å². The largest absolute Gasteiger partial charge is 0.497 e. The zero-order valence-electron chi connectivity index (χ0n) is 32.8. The van der Waals surface area contributed by atoms with Gasteiger partial charge in [-0.3, -0.25) is 0 Å². The van der Waals surface area contributed by atoms with Crippen molar-refractivity contribution in [3.8, 4) is 11.5 Å². The van der Waals surface area contributed by atoms with E-state index in [4.69, 9.17) is 9.47 Å². The van der Waals surface area contributed by atoms with Crippen LogP contribution in [-0.2, 0) is 25.7 Å². The second-order valence-corrected chi connectivity index (χ2v) is 17.8.